The number of anilines is 2. The highest BCUT2D eigenvalue weighted by Gasteiger charge is 2.21. The molecule has 1 fully saturated rings. The average Bonchev–Trinajstić information content (AvgIpc) is 3.19. The largest absolute Gasteiger partial charge is 0.497 e. The molecule has 6 heteroatoms. The van der Waals surface area contributed by atoms with Crippen LogP contribution in [0.15, 0.2) is 60.7 Å². The average molecular weight is 418 g/mol. The van der Waals surface area contributed by atoms with E-state index < -0.39 is 0 Å². The zero-order valence-corrected chi connectivity index (χ0v) is 17.9. The van der Waals surface area contributed by atoms with Crippen molar-refractivity contribution in [2.24, 2.45) is 0 Å². The molecule has 2 amide bonds. The molecule has 0 bridgehead atoms. The zero-order valence-electron chi connectivity index (χ0n) is 17.9. The summed E-state index contributed by atoms with van der Waals surface area (Å²) in [5.41, 5.74) is 2.76. The van der Waals surface area contributed by atoms with Gasteiger partial charge in [-0.05, 0) is 72.3 Å². The molecular weight excluding hydrogens is 390 g/mol. The molecular formula is C25H27N3O3. The second kappa shape index (κ2) is 9.18. The standard InChI is InChI=1S/C25H27N3O3/c1-27(16-18-5-6-20-15-23(31-2)12-7-19(20)14-18)17-24(29)26-21-8-10-22(11-9-21)28-13-3-4-25(28)30/h5-12,14-15H,3-4,13,16-17H2,1-2H3,(H,26,29). The molecule has 3 aromatic carbocycles. The Kier molecular flexibility index (Phi) is 6.18. The van der Waals surface area contributed by atoms with Gasteiger partial charge in [0.15, 0.2) is 0 Å². The van der Waals surface area contributed by atoms with Crippen LogP contribution in [-0.2, 0) is 16.1 Å². The quantitative estimate of drug-likeness (QED) is 0.630. The van der Waals surface area contributed by atoms with Gasteiger partial charge in [-0.1, -0.05) is 18.2 Å². The number of carbonyl (C=O) groups excluding carboxylic acids is 2. The smallest absolute Gasteiger partial charge is 0.238 e. The van der Waals surface area contributed by atoms with E-state index in [9.17, 15) is 9.59 Å². The van der Waals surface area contributed by atoms with Gasteiger partial charge in [0.05, 0.1) is 13.7 Å². The van der Waals surface area contributed by atoms with Crippen LogP contribution in [0.5, 0.6) is 5.75 Å². The van der Waals surface area contributed by atoms with E-state index in [1.807, 2.05) is 54.4 Å². The molecule has 0 aromatic heterocycles. The summed E-state index contributed by atoms with van der Waals surface area (Å²) in [5.74, 6) is 0.929. The minimum Gasteiger partial charge on any atom is -0.497 e. The number of nitrogens with zero attached hydrogens (tertiary/aromatic N) is 2. The van der Waals surface area contributed by atoms with Crippen LogP contribution in [-0.4, -0.2) is 44.0 Å². The molecule has 3 aromatic rings. The highest BCUT2D eigenvalue weighted by Crippen LogP contribution is 2.24. The van der Waals surface area contributed by atoms with Crippen molar-refractivity contribution in [3.8, 4) is 5.75 Å². The van der Waals surface area contributed by atoms with Crippen molar-refractivity contribution in [1.82, 2.24) is 4.90 Å². The number of nitrogens with one attached hydrogen (secondary N) is 1. The zero-order chi connectivity index (χ0) is 21.8. The van der Waals surface area contributed by atoms with Gasteiger partial charge < -0.3 is 15.0 Å². The summed E-state index contributed by atoms with van der Waals surface area (Å²) in [6.07, 6.45) is 1.51. The van der Waals surface area contributed by atoms with Crippen molar-refractivity contribution in [3.63, 3.8) is 0 Å². The third-order valence-corrected chi connectivity index (χ3v) is 5.51. The number of hydrogen-bond acceptors (Lipinski definition) is 4. The van der Waals surface area contributed by atoms with Crippen molar-refractivity contribution in [3.05, 3.63) is 66.2 Å². The summed E-state index contributed by atoms with van der Waals surface area (Å²) in [7, 11) is 3.60. The van der Waals surface area contributed by atoms with Gasteiger partial charge in [0.25, 0.3) is 0 Å². The van der Waals surface area contributed by atoms with Gasteiger partial charge in [0, 0.05) is 30.9 Å². The molecule has 1 aliphatic heterocycles. The van der Waals surface area contributed by atoms with Crippen molar-refractivity contribution < 1.29 is 14.3 Å². The van der Waals surface area contributed by atoms with Crippen LogP contribution in [0.25, 0.3) is 10.8 Å². The lowest BCUT2D eigenvalue weighted by Crippen LogP contribution is -2.29. The Morgan fingerprint density at radius 3 is 2.52 bits per heavy atom. The Morgan fingerprint density at radius 1 is 1.06 bits per heavy atom. The number of fused-ring (bicyclic) bond motifs is 1. The molecule has 0 spiro atoms. The van der Waals surface area contributed by atoms with Crippen molar-refractivity contribution in [2.75, 3.05) is 37.5 Å². The topological polar surface area (TPSA) is 61.9 Å². The first-order chi connectivity index (χ1) is 15.0. The van der Waals surface area contributed by atoms with Gasteiger partial charge in [-0.25, -0.2) is 0 Å². The number of amides is 2. The summed E-state index contributed by atoms with van der Waals surface area (Å²) in [5, 5.41) is 5.21. The van der Waals surface area contributed by atoms with Crippen LogP contribution in [0.4, 0.5) is 11.4 Å². The summed E-state index contributed by atoms with van der Waals surface area (Å²) >= 11 is 0. The highest BCUT2D eigenvalue weighted by atomic mass is 16.5. The molecule has 4 rings (SSSR count). The van der Waals surface area contributed by atoms with Gasteiger partial charge >= 0.3 is 0 Å². The van der Waals surface area contributed by atoms with E-state index in [2.05, 4.69) is 23.5 Å². The number of carbonyl (C=O) groups is 2. The maximum atomic E-state index is 12.5. The molecule has 31 heavy (non-hydrogen) atoms. The Labute approximate surface area is 182 Å². The lowest BCUT2D eigenvalue weighted by molar-refractivity contribution is -0.117. The van der Waals surface area contributed by atoms with E-state index >= 15 is 0 Å². The molecule has 0 aliphatic carbocycles. The molecule has 1 N–H and O–H groups in total. The fraction of sp³-hybridized carbons (Fsp3) is 0.280. The molecule has 160 valence electrons. The number of hydrogen-bond donors (Lipinski definition) is 1. The Morgan fingerprint density at radius 2 is 1.81 bits per heavy atom. The second-order valence-electron chi connectivity index (χ2n) is 7.96. The van der Waals surface area contributed by atoms with E-state index in [0.717, 1.165) is 46.4 Å². The van der Waals surface area contributed by atoms with Gasteiger partial charge in [-0.15, -0.1) is 0 Å². The minimum atomic E-state index is -0.0713. The number of ether oxygens (including phenoxy) is 1. The molecule has 0 saturated carbocycles. The van der Waals surface area contributed by atoms with Crippen LogP contribution in [0.1, 0.15) is 18.4 Å². The predicted octanol–water partition coefficient (Wildman–Crippen LogP) is 4.05. The normalized spacial score (nSPS) is 13.8. The van der Waals surface area contributed by atoms with Crippen LogP contribution >= 0.6 is 0 Å². The molecule has 0 unspecified atom stereocenters. The Hall–Kier alpha value is -3.38. The van der Waals surface area contributed by atoms with Gasteiger partial charge in [-0.3, -0.25) is 14.5 Å². The van der Waals surface area contributed by atoms with E-state index in [4.69, 9.17) is 4.74 Å². The lowest BCUT2D eigenvalue weighted by atomic mass is 10.1. The van der Waals surface area contributed by atoms with E-state index in [1.54, 1.807) is 12.0 Å². The van der Waals surface area contributed by atoms with Gasteiger partial charge in [-0.2, -0.15) is 0 Å². The van der Waals surface area contributed by atoms with Crippen LogP contribution in [0.3, 0.4) is 0 Å². The van der Waals surface area contributed by atoms with Crippen LogP contribution in [0.2, 0.25) is 0 Å². The summed E-state index contributed by atoms with van der Waals surface area (Å²) in [6.45, 7) is 1.72. The fourth-order valence-electron chi connectivity index (χ4n) is 3.96. The van der Waals surface area contributed by atoms with Crippen LogP contribution < -0.4 is 15.0 Å². The first-order valence-electron chi connectivity index (χ1n) is 10.5. The maximum Gasteiger partial charge on any atom is 0.238 e. The number of rotatable bonds is 7. The molecule has 0 atom stereocenters. The van der Waals surface area contributed by atoms with Gasteiger partial charge in [0.1, 0.15) is 5.75 Å². The molecule has 6 nitrogen and oxygen atoms in total. The number of benzene rings is 3. The first kappa shape index (κ1) is 20.9. The monoisotopic (exact) mass is 417 g/mol. The molecule has 0 radical (unpaired) electrons. The Balaban J connectivity index is 1.32. The number of methoxy groups -OCH3 is 1. The summed E-state index contributed by atoms with van der Waals surface area (Å²) in [6, 6.07) is 19.8. The maximum absolute atomic E-state index is 12.5. The highest BCUT2D eigenvalue weighted by molar-refractivity contribution is 5.96. The third kappa shape index (κ3) is 5.03. The lowest BCUT2D eigenvalue weighted by Gasteiger charge is -2.18. The van der Waals surface area contributed by atoms with Crippen molar-refractivity contribution >= 4 is 34.0 Å². The SMILES string of the molecule is COc1ccc2cc(CN(C)CC(=O)Nc3ccc(N4CCCC4=O)cc3)ccc2c1. The number of likely N-dealkylation sites (N-methyl/N-ethyl adjacent to an activating group) is 1. The third-order valence-electron chi connectivity index (χ3n) is 5.51. The predicted molar refractivity (Wildman–Crippen MR) is 123 cm³/mol. The minimum absolute atomic E-state index is 0.0713. The molecule has 1 saturated heterocycles. The second-order valence-corrected chi connectivity index (χ2v) is 7.96. The van der Waals surface area contributed by atoms with E-state index in [-0.39, 0.29) is 18.4 Å². The summed E-state index contributed by atoms with van der Waals surface area (Å²) < 4.78 is 5.28. The van der Waals surface area contributed by atoms with E-state index in [1.165, 1.54) is 0 Å². The first-order valence-corrected chi connectivity index (χ1v) is 10.5. The molecule has 1 heterocycles. The van der Waals surface area contributed by atoms with Crippen molar-refractivity contribution in [2.45, 2.75) is 19.4 Å². The fourth-order valence-corrected chi connectivity index (χ4v) is 3.96. The van der Waals surface area contributed by atoms with Crippen LogP contribution in [0, 0.1) is 0 Å². The van der Waals surface area contributed by atoms with Crippen molar-refractivity contribution in [1.29, 1.82) is 0 Å². The van der Waals surface area contributed by atoms with Gasteiger partial charge in [0.2, 0.25) is 11.8 Å². The van der Waals surface area contributed by atoms with E-state index in [0.29, 0.717) is 13.0 Å². The summed E-state index contributed by atoms with van der Waals surface area (Å²) in [4.78, 5) is 28.1. The Bertz CT molecular complexity index is 1090. The molecule has 1 aliphatic rings.